The van der Waals surface area contributed by atoms with Gasteiger partial charge in [-0.2, -0.15) is 0 Å². The summed E-state index contributed by atoms with van der Waals surface area (Å²) in [4.78, 5) is 14.7. The van der Waals surface area contributed by atoms with E-state index in [0.29, 0.717) is 17.9 Å². The summed E-state index contributed by atoms with van der Waals surface area (Å²) in [5.74, 6) is 2.11. The van der Waals surface area contributed by atoms with Gasteiger partial charge in [0, 0.05) is 19.1 Å². The van der Waals surface area contributed by atoms with E-state index in [2.05, 4.69) is 24.1 Å². The Morgan fingerprint density at radius 3 is 2.78 bits per heavy atom. The standard InChI is InChI=1S/C14H26N2OS/c1-11(2)9-16(10-12-5-3-7-15-12)14(17)13-6-4-8-18-13/h11-13,15H,3-10H2,1-2H3. The van der Waals surface area contributed by atoms with Gasteiger partial charge in [-0.3, -0.25) is 4.79 Å². The van der Waals surface area contributed by atoms with E-state index in [1.54, 1.807) is 0 Å². The lowest BCUT2D eigenvalue weighted by Crippen LogP contribution is -2.45. The van der Waals surface area contributed by atoms with Crippen molar-refractivity contribution in [1.82, 2.24) is 10.2 Å². The van der Waals surface area contributed by atoms with Gasteiger partial charge in [0.1, 0.15) is 0 Å². The molecule has 4 heteroatoms. The Labute approximate surface area is 115 Å². The molecule has 2 fully saturated rings. The number of thioether (sulfide) groups is 1. The minimum Gasteiger partial charge on any atom is -0.340 e. The number of carbonyl (C=O) groups is 1. The van der Waals surface area contributed by atoms with Crippen LogP contribution in [0.3, 0.4) is 0 Å². The van der Waals surface area contributed by atoms with Gasteiger partial charge in [-0.25, -0.2) is 0 Å². The molecule has 2 aliphatic heterocycles. The van der Waals surface area contributed by atoms with E-state index in [0.717, 1.165) is 31.8 Å². The topological polar surface area (TPSA) is 32.3 Å². The third-order valence-electron chi connectivity index (χ3n) is 3.71. The lowest BCUT2D eigenvalue weighted by atomic mass is 10.1. The Balaban J connectivity index is 1.91. The molecule has 0 aromatic rings. The maximum atomic E-state index is 12.5. The van der Waals surface area contributed by atoms with Crippen molar-refractivity contribution in [2.75, 3.05) is 25.4 Å². The molecule has 18 heavy (non-hydrogen) atoms. The summed E-state index contributed by atoms with van der Waals surface area (Å²) >= 11 is 1.85. The fourth-order valence-corrected chi connectivity index (χ4v) is 4.09. The largest absolute Gasteiger partial charge is 0.340 e. The van der Waals surface area contributed by atoms with Crippen molar-refractivity contribution in [2.24, 2.45) is 5.92 Å². The van der Waals surface area contributed by atoms with E-state index >= 15 is 0 Å². The van der Waals surface area contributed by atoms with E-state index in [1.165, 1.54) is 19.3 Å². The number of nitrogens with one attached hydrogen (secondary N) is 1. The number of nitrogens with zero attached hydrogens (tertiary/aromatic N) is 1. The van der Waals surface area contributed by atoms with Crippen molar-refractivity contribution in [3.05, 3.63) is 0 Å². The molecule has 2 rings (SSSR count). The molecule has 104 valence electrons. The summed E-state index contributed by atoms with van der Waals surface area (Å²) in [5.41, 5.74) is 0. The maximum Gasteiger partial charge on any atom is 0.235 e. The van der Waals surface area contributed by atoms with Crippen LogP contribution in [0.2, 0.25) is 0 Å². The van der Waals surface area contributed by atoms with Gasteiger partial charge in [0.15, 0.2) is 0 Å². The number of amides is 1. The van der Waals surface area contributed by atoms with Crippen LogP contribution in [-0.4, -0.2) is 47.5 Å². The first-order chi connectivity index (χ1) is 8.66. The van der Waals surface area contributed by atoms with Crippen LogP contribution in [0.5, 0.6) is 0 Å². The van der Waals surface area contributed by atoms with Crippen LogP contribution in [0.15, 0.2) is 0 Å². The second-order valence-electron chi connectivity index (χ2n) is 5.93. The van der Waals surface area contributed by atoms with E-state index in [4.69, 9.17) is 0 Å². The van der Waals surface area contributed by atoms with Crippen LogP contribution in [-0.2, 0) is 4.79 Å². The molecule has 2 aliphatic rings. The van der Waals surface area contributed by atoms with Crippen LogP contribution in [0.1, 0.15) is 39.5 Å². The number of hydrogen-bond donors (Lipinski definition) is 1. The quantitative estimate of drug-likeness (QED) is 0.830. The molecular formula is C14H26N2OS. The van der Waals surface area contributed by atoms with E-state index in [-0.39, 0.29) is 5.25 Å². The van der Waals surface area contributed by atoms with Crippen molar-refractivity contribution in [2.45, 2.75) is 50.8 Å². The number of rotatable bonds is 5. The zero-order valence-electron chi connectivity index (χ0n) is 11.7. The monoisotopic (exact) mass is 270 g/mol. The predicted molar refractivity (Wildman–Crippen MR) is 77.9 cm³/mol. The van der Waals surface area contributed by atoms with Crippen LogP contribution in [0, 0.1) is 5.92 Å². The van der Waals surface area contributed by atoms with Gasteiger partial charge in [-0.15, -0.1) is 11.8 Å². The zero-order valence-corrected chi connectivity index (χ0v) is 12.5. The molecule has 0 aromatic heterocycles. The fourth-order valence-electron chi connectivity index (χ4n) is 2.85. The van der Waals surface area contributed by atoms with Gasteiger partial charge in [0.05, 0.1) is 5.25 Å². The molecule has 2 saturated heterocycles. The minimum atomic E-state index is 0.241. The third-order valence-corrected chi connectivity index (χ3v) is 5.07. The predicted octanol–water partition coefficient (Wildman–Crippen LogP) is 2.12. The van der Waals surface area contributed by atoms with Gasteiger partial charge < -0.3 is 10.2 Å². The third kappa shape index (κ3) is 3.89. The van der Waals surface area contributed by atoms with Gasteiger partial charge in [-0.05, 0) is 43.9 Å². The molecule has 0 aliphatic carbocycles. The first-order valence-electron chi connectivity index (χ1n) is 7.30. The van der Waals surface area contributed by atoms with Crippen molar-refractivity contribution >= 4 is 17.7 Å². The van der Waals surface area contributed by atoms with Crippen LogP contribution in [0.25, 0.3) is 0 Å². The fraction of sp³-hybridized carbons (Fsp3) is 0.929. The summed E-state index contributed by atoms with van der Waals surface area (Å²) in [6, 6.07) is 0.527. The van der Waals surface area contributed by atoms with Crippen molar-refractivity contribution in [1.29, 1.82) is 0 Å². The van der Waals surface area contributed by atoms with Crippen molar-refractivity contribution in [3.8, 4) is 0 Å². The van der Waals surface area contributed by atoms with Crippen LogP contribution in [0.4, 0.5) is 0 Å². The Hall–Kier alpha value is -0.220. The van der Waals surface area contributed by atoms with Gasteiger partial charge in [-0.1, -0.05) is 13.8 Å². The highest BCUT2D eigenvalue weighted by Crippen LogP contribution is 2.28. The van der Waals surface area contributed by atoms with Gasteiger partial charge >= 0.3 is 0 Å². The minimum absolute atomic E-state index is 0.241. The molecule has 2 heterocycles. The van der Waals surface area contributed by atoms with E-state index < -0.39 is 0 Å². The Morgan fingerprint density at radius 1 is 1.39 bits per heavy atom. The summed E-state index contributed by atoms with van der Waals surface area (Å²) in [6.45, 7) is 7.34. The first kappa shape index (κ1) is 14.2. The number of carbonyl (C=O) groups excluding carboxylic acids is 1. The number of hydrogen-bond acceptors (Lipinski definition) is 3. The molecule has 0 bridgehead atoms. The lowest BCUT2D eigenvalue weighted by Gasteiger charge is -2.29. The summed E-state index contributed by atoms with van der Waals surface area (Å²) in [5, 5.41) is 3.75. The van der Waals surface area contributed by atoms with Crippen molar-refractivity contribution < 1.29 is 4.79 Å². The molecule has 0 radical (unpaired) electrons. The molecule has 1 amide bonds. The molecule has 0 aromatic carbocycles. The normalized spacial score (nSPS) is 27.9. The van der Waals surface area contributed by atoms with Crippen LogP contribution < -0.4 is 5.32 Å². The molecule has 0 saturated carbocycles. The molecule has 0 spiro atoms. The van der Waals surface area contributed by atoms with Crippen LogP contribution >= 0.6 is 11.8 Å². The molecule has 1 N–H and O–H groups in total. The zero-order chi connectivity index (χ0) is 13.0. The molecule has 2 unspecified atom stereocenters. The molecular weight excluding hydrogens is 244 g/mol. The summed E-state index contributed by atoms with van der Waals surface area (Å²) in [7, 11) is 0. The summed E-state index contributed by atoms with van der Waals surface area (Å²) < 4.78 is 0. The lowest BCUT2D eigenvalue weighted by molar-refractivity contribution is -0.131. The van der Waals surface area contributed by atoms with Gasteiger partial charge in [0.25, 0.3) is 0 Å². The van der Waals surface area contributed by atoms with Gasteiger partial charge in [0.2, 0.25) is 5.91 Å². The second kappa shape index (κ2) is 6.80. The Bertz CT molecular complexity index is 271. The average molecular weight is 270 g/mol. The molecule has 2 atom stereocenters. The molecule has 3 nitrogen and oxygen atoms in total. The highest BCUT2D eigenvalue weighted by atomic mass is 32.2. The van der Waals surface area contributed by atoms with E-state index in [1.807, 2.05) is 11.8 Å². The summed E-state index contributed by atoms with van der Waals surface area (Å²) in [6.07, 6.45) is 4.76. The van der Waals surface area contributed by atoms with E-state index in [9.17, 15) is 4.79 Å². The van der Waals surface area contributed by atoms with Crippen molar-refractivity contribution in [3.63, 3.8) is 0 Å². The average Bonchev–Trinajstić information content (AvgIpc) is 2.99. The highest BCUT2D eigenvalue weighted by Gasteiger charge is 2.30. The first-order valence-corrected chi connectivity index (χ1v) is 8.35. The highest BCUT2D eigenvalue weighted by molar-refractivity contribution is 8.00. The second-order valence-corrected chi connectivity index (χ2v) is 7.24. The Morgan fingerprint density at radius 2 is 2.22 bits per heavy atom. The Kier molecular flexibility index (Phi) is 5.37. The SMILES string of the molecule is CC(C)CN(CC1CCCN1)C(=O)C1CCCS1. The smallest absolute Gasteiger partial charge is 0.235 e. The maximum absolute atomic E-state index is 12.5.